The van der Waals surface area contributed by atoms with Crippen LogP contribution in [0.1, 0.15) is 39.2 Å². The normalized spacial score (nSPS) is 20.6. The molecule has 1 aliphatic carbocycles. The summed E-state index contributed by atoms with van der Waals surface area (Å²) in [5.41, 5.74) is 2.11. The Morgan fingerprint density at radius 1 is 1.21 bits per heavy atom. The third kappa shape index (κ3) is 6.90. The Kier molecular flexibility index (Phi) is 8.85. The summed E-state index contributed by atoms with van der Waals surface area (Å²) in [6.07, 6.45) is 6.90. The lowest BCUT2D eigenvalue weighted by atomic mass is 9.70. The molecule has 1 aromatic heterocycles. The number of hydrogen-bond acceptors (Lipinski definition) is 5. The summed E-state index contributed by atoms with van der Waals surface area (Å²) >= 11 is 0. The van der Waals surface area contributed by atoms with Gasteiger partial charge < -0.3 is 10.1 Å². The van der Waals surface area contributed by atoms with Crippen LogP contribution in [0.5, 0.6) is 5.75 Å². The SMILES string of the molecule is COc1ccc(S(=O)(=O)NC[C@@H]2C=C(C)[C@H](CC(=O)NCc3cccnc3)C[C@H]2C(C)C)cc1. The quantitative estimate of drug-likeness (QED) is 0.497. The molecule has 2 aromatic rings. The van der Waals surface area contributed by atoms with Crippen molar-refractivity contribution in [3.63, 3.8) is 0 Å². The molecule has 8 heteroatoms. The molecule has 0 bridgehead atoms. The fourth-order valence-corrected chi connectivity index (χ4v) is 5.62. The minimum atomic E-state index is -3.62. The van der Waals surface area contributed by atoms with Crippen LogP contribution < -0.4 is 14.8 Å². The van der Waals surface area contributed by atoms with E-state index in [2.05, 4.69) is 34.9 Å². The van der Waals surface area contributed by atoms with Crippen molar-refractivity contribution in [3.8, 4) is 5.75 Å². The van der Waals surface area contributed by atoms with E-state index in [1.807, 2.05) is 19.1 Å². The van der Waals surface area contributed by atoms with Gasteiger partial charge >= 0.3 is 0 Å². The van der Waals surface area contributed by atoms with Gasteiger partial charge in [0, 0.05) is 31.9 Å². The Balaban J connectivity index is 1.62. The molecular formula is C26H35N3O4S. The van der Waals surface area contributed by atoms with Gasteiger partial charge in [-0.05, 0) is 72.9 Å². The Morgan fingerprint density at radius 3 is 2.56 bits per heavy atom. The predicted molar refractivity (Wildman–Crippen MR) is 133 cm³/mol. The van der Waals surface area contributed by atoms with Crippen LogP contribution >= 0.6 is 0 Å². The predicted octanol–water partition coefficient (Wildman–Crippen LogP) is 3.93. The van der Waals surface area contributed by atoms with E-state index in [0.29, 0.717) is 31.2 Å². The molecule has 184 valence electrons. The van der Waals surface area contributed by atoms with Crippen LogP contribution in [0, 0.1) is 23.7 Å². The molecular weight excluding hydrogens is 450 g/mol. The number of methoxy groups -OCH3 is 1. The second-order valence-corrected chi connectivity index (χ2v) is 11.1. The lowest BCUT2D eigenvalue weighted by Crippen LogP contribution is -2.37. The van der Waals surface area contributed by atoms with E-state index in [0.717, 1.165) is 17.6 Å². The Morgan fingerprint density at radius 2 is 1.94 bits per heavy atom. The van der Waals surface area contributed by atoms with Gasteiger partial charge in [0.2, 0.25) is 15.9 Å². The summed E-state index contributed by atoms with van der Waals surface area (Å²) in [4.78, 5) is 16.9. The number of sulfonamides is 1. The van der Waals surface area contributed by atoms with Gasteiger partial charge in [-0.25, -0.2) is 13.1 Å². The van der Waals surface area contributed by atoms with Crippen molar-refractivity contribution >= 4 is 15.9 Å². The maximum atomic E-state index is 12.8. The number of ether oxygens (including phenoxy) is 1. The zero-order valence-corrected chi connectivity index (χ0v) is 21.1. The largest absolute Gasteiger partial charge is 0.497 e. The molecule has 0 radical (unpaired) electrons. The molecule has 0 saturated carbocycles. The molecule has 0 unspecified atom stereocenters. The first-order valence-electron chi connectivity index (χ1n) is 11.7. The second-order valence-electron chi connectivity index (χ2n) is 9.28. The average molecular weight is 486 g/mol. The highest BCUT2D eigenvalue weighted by Crippen LogP contribution is 2.38. The lowest BCUT2D eigenvalue weighted by molar-refractivity contribution is -0.122. The minimum absolute atomic E-state index is 0.0165. The first kappa shape index (κ1) is 25.9. The van der Waals surface area contributed by atoms with E-state index in [9.17, 15) is 13.2 Å². The highest BCUT2D eigenvalue weighted by molar-refractivity contribution is 7.89. The molecule has 1 aromatic carbocycles. The molecule has 34 heavy (non-hydrogen) atoms. The molecule has 0 fully saturated rings. The van der Waals surface area contributed by atoms with Gasteiger partial charge in [0.1, 0.15) is 5.75 Å². The van der Waals surface area contributed by atoms with Gasteiger partial charge in [-0.15, -0.1) is 0 Å². The van der Waals surface area contributed by atoms with Crippen molar-refractivity contribution in [1.29, 1.82) is 0 Å². The number of allylic oxidation sites excluding steroid dienone is 1. The van der Waals surface area contributed by atoms with E-state index in [1.165, 1.54) is 0 Å². The maximum Gasteiger partial charge on any atom is 0.240 e. The number of aromatic nitrogens is 1. The summed E-state index contributed by atoms with van der Waals surface area (Å²) in [7, 11) is -2.08. The summed E-state index contributed by atoms with van der Waals surface area (Å²) in [6.45, 7) is 7.15. The molecule has 0 spiro atoms. The number of benzene rings is 1. The number of nitrogens with one attached hydrogen (secondary N) is 2. The van der Waals surface area contributed by atoms with Crippen molar-refractivity contribution in [2.45, 2.75) is 45.1 Å². The first-order valence-corrected chi connectivity index (χ1v) is 13.2. The van der Waals surface area contributed by atoms with Crippen LogP contribution in [0.3, 0.4) is 0 Å². The average Bonchev–Trinajstić information content (AvgIpc) is 2.83. The van der Waals surface area contributed by atoms with Gasteiger partial charge in [-0.2, -0.15) is 0 Å². The highest BCUT2D eigenvalue weighted by atomic mass is 32.2. The third-order valence-electron chi connectivity index (χ3n) is 6.61. The number of pyridine rings is 1. The number of hydrogen-bond donors (Lipinski definition) is 2. The minimum Gasteiger partial charge on any atom is -0.497 e. The number of carbonyl (C=O) groups excluding carboxylic acids is 1. The standard InChI is InChI=1S/C26H35N3O4S/c1-18(2)25-13-21(14-26(30)28-16-20-6-5-11-27-15-20)19(3)12-22(25)17-29-34(31,32)24-9-7-23(33-4)8-10-24/h5-12,15,18,21-22,25,29H,13-14,16-17H2,1-4H3,(H,28,30)/t21-,22-,25-/m0/s1. The van der Waals surface area contributed by atoms with Crippen LogP contribution in [-0.2, 0) is 21.4 Å². The van der Waals surface area contributed by atoms with Crippen LogP contribution in [0.15, 0.2) is 65.3 Å². The number of nitrogens with zero attached hydrogens (tertiary/aromatic N) is 1. The maximum absolute atomic E-state index is 12.8. The number of rotatable bonds is 10. The summed E-state index contributed by atoms with van der Waals surface area (Å²) in [5, 5.41) is 2.99. The lowest BCUT2D eigenvalue weighted by Gasteiger charge is -2.37. The Hall–Kier alpha value is -2.71. The fourth-order valence-electron chi connectivity index (χ4n) is 4.55. The van der Waals surface area contributed by atoms with E-state index >= 15 is 0 Å². The monoisotopic (exact) mass is 485 g/mol. The third-order valence-corrected chi connectivity index (χ3v) is 8.05. The van der Waals surface area contributed by atoms with Gasteiger partial charge in [-0.3, -0.25) is 9.78 Å². The Bertz CT molecular complexity index is 1080. The van der Waals surface area contributed by atoms with E-state index < -0.39 is 10.0 Å². The van der Waals surface area contributed by atoms with Crippen molar-refractivity contribution in [3.05, 3.63) is 66.0 Å². The molecule has 1 amide bonds. The van der Waals surface area contributed by atoms with Crippen molar-refractivity contribution < 1.29 is 17.9 Å². The zero-order chi connectivity index (χ0) is 24.7. The number of amides is 1. The molecule has 3 atom stereocenters. The first-order chi connectivity index (χ1) is 16.2. The van der Waals surface area contributed by atoms with Crippen molar-refractivity contribution in [1.82, 2.24) is 15.0 Å². The molecule has 2 N–H and O–H groups in total. The van der Waals surface area contributed by atoms with Crippen LogP contribution in [-0.4, -0.2) is 33.0 Å². The summed E-state index contributed by atoms with van der Waals surface area (Å²) < 4.78 is 33.5. The molecule has 0 saturated heterocycles. The molecule has 1 aliphatic rings. The summed E-state index contributed by atoms with van der Waals surface area (Å²) in [5.74, 6) is 1.49. The fraction of sp³-hybridized carbons (Fsp3) is 0.462. The second kappa shape index (κ2) is 11.6. The van der Waals surface area contributed by atoms with Gasteiger partial charge in [0.05, 0.1) is 12.0 Å². The van der Waals surface area contributed by atoms with E-state index in [-0.39, 0.29) is 28.6 Å². The van der Waals surface area contributed by atoms with Crippen LogP contribution in [0.4, 0.5) is 0 Å². The Labute approximate surface area is 203 Å². The smallest absolute Gasteiger partial charge is 0.240 e. The van der Waals surface area contributed by atoms with E-state index in [4.69, 9.17) is 4.74 Å². The summed E-state index contributed by atoms with van der Waals surface area (Å²) in [6, 6.07) is 10.2. The molecule has 0 aliphatic heterocycles. The van der Waals surface area contributed by atoms with Gasteiger partial charge in [0.15, 0.2) is 0 Å². The topological polar surface area (TPSA) is 97.4 Å². The highest BCUT2D eigenvalue weighted by Gasteiger charge is 2.33. The number of carbonyl (C=O) groups is 1. The van der Waals surface area contributed by atoms with Gasteiger partial charge in [0.25, 0.3) is 0 Å². The molecule has 7 nitrogen and oxygen atoms in total. The van der Waals surface area contributed by atoms with E-state index in [1.54, 1.807) is 43.8 Å². The van der Waals surface area contributed by atoms with Crippen LogP contribution in [0.25, 0.3) is 0 Å². The van der Waals surface area contributed by atoms with Crippen molar-refractivity contribution in [2.75, 3.05) is 13.7 Å². The zero-order valence-electron chi connectivity index (χ0n) is 20.3. The van der Waals surface area contributed by atoms with Crippen LogP contribution in [0.2, 0.25) is 0 Å². The van der Waals surface area contributed by atoms with Crippen molar-refractivity contribution in [2.24, 2.45) is 23.7 Å². The molecule has 1 heterocycles. The molecule has 3 rings (SSSR count). The van der Waals surface area contributed by atoms with Gasteiger partial charge in [-0.1, -0.05) is 31.6 Å².